The Kier molecular flexibility index (Phi) is 2.99. The first-order valence-electron chi connectivity index (χ1n) is 5.27. The fourth-order valence-electron chi connectivity index (χ4n) is 1.68. The highest BCUT2D eigenvalue weighted by Crippen LogP contribution is 2.42. The van der Waals surface area contributed by atoms with Gasteiger partial charge in [0.1, 0.15) is 13.2 Å². The molecule has 4 nitrogen and oxygen atoms in total. The van der Waals surface area contributed by atoms with Crippen molar-refractivity contribution < 1.29 is 19.0 Å². The third kappa shape index (κ3) is 1.71. The lowest BCUT2D eigenvalue weighted by atomic mass is 10.1. The standard InChI is InChI=1S/C12H14O4/c1-3-9(13)8-4-5-10(14-2)12-11(8)15-6-7-16-12/h4-5H,3,6-7H2,1-2H3. The number of ether oxygens (including phenoxy) is 3. The third-order valence-electron chi connectivity index (χ3n) is 2.49. The van der Waals surface area contributed by atoms with Gasteiger partial charge in [-0.1, -0.05) is 6.92 Å². The number of hydrogen-bond acceptors (Lipinski definition) is 4. The van der Waals surface area contributed by atoms with Gasteiger partial charge in [0, 0.05) is 6.42 Å². The van der Waals surface area contributed by atoms with Crippen molar-refractivity contribution in [3.8, 4) is 17.2 Å². The van der Waals surface area contributed by atoms with Gasteiger partial charge in [-0.2, -0.15) is 0 Å². The Morgan fingerprint density at radius 3 is 2.62 bits per heavy atom. The van der Waals surface area contributed by atoms with Crippen molar-refractivity contribution in [1.82, 2.24) is 0 Å². The zero-order valence-electron chi connectivity index (χ0n) is 9.41. The molecule has 1 aromatic rings. The van der Waals surface area contributed by atoms with Gasteiger partial charge in [0.2, 0.25) is 5.75 Å². The van der Waals surface area contributed by atoms with Crippen LogP contribution >= 0.6 is 0 Å². The van der Waals surface area contributed by atoms with E-state index in [9.17, 15) is 4.79 Å². The first-order chi connectivity index (χ1) is 7.77. The quantitative estimate of drug-likeness (QED) is 0.734. The number of hydrogen-bond donors (Lipinski definition) is 0. The van der Waals surface area contributed by atoms with Crippen LogP contribution in [-0.4, -0.2) is 26.1 Å². The van der Waals surface area contributed by atoms with Crippen LogP contribution in [0.1, 0.15) is 23.7 Å². The van der Waals surface area contributed by atoms with Gasteiger partial charge >= 0.3 is 0 Å². The number of carbonyl (C=O) groups excluding carboxylic acids is 1. The maximum absolute atomic E-state index is 11.7. The summed E-state index contributed by atoms with van der Waals surface area (Å²) in [6.45, 7) is 2.76. The monoisotopic (exact) mass is 222 g/mol. The molecular formula is C12H14O4. The number of carbonyl (C=O) groups is 1. The van der Waals surface area contributed by atoms with E-state index in [1.165, 1.54) is 0 Å². The third-order valence-corrected chi connectivity index (χ3v) is 2.49. The second kappa shape index (κ2) is 4.43. The van der Waals surface area contributed by atoms with Crippen LogP contribution in [0.5, 0.6) is 17.2 Å². The Balaban J connectivity index is 2.52. The second-order valence-corrected chi connectivity index (χ2v) is 3.45. The van der Waals surface area contributed by atoms with Crippen LogP contribution in [0.3, 0.4) is 0 Å². The van der Waals surface area contributed by atoms with Gasteiger partial charge in [-0.25, -0.2) is 0 Å². The largest absolute Gasteiger partial charge is 0.493 e. The molecular weight excluding hydrogens is 208 g/mol. The number of ketones is 1. The fraction of sp³-hybridized carbons (Fsp3) is 0.417. The smallest absolute Gasteiger partial charge is 0.204 e. The number of Topliss-reactive ketones (excluding diaryl/α,β-unsaturated/α-hetero) is 1. The van der Waals surface area contributed by atoms with Crippen LogP contribution in [-0.2, 0) is 0 Å². The van der Waals surface area contributed by atoms with Crippen molar-refractivity contribution in [2.75, 3.05) is 20.3 Å². The van der Waals surface area contributed by atoms with Crippen LogP contribution in [0.2, 0.25) is 0 Å². The molecule has 0 saturated carbocycles. The van der Waals surface area contributed by atoms with Crippen molar-refractivity contribution in [2.24, 2.45) is 0 Å². The molecule has 0 bridgehead atoms. The predicted octanol–water partition coefficient (Wildman–Crippen LogP) is 2.06. The molecule has 0 N–H and O–H groups in total. The number of fused-ring (bicyclic) bond motifs is 1. The summed E-state index contributed by atoms with van der Waals surface area (Å²) in [5, 5.41) is 0. The van der Waals surface area contributed by atoms with Gasteiger partial charge < -0.3 is 14.2 Å². The maximum Gasteiger partial charge on any atom is 0.204 e. The van der Waals surface area contributed by atoms with Crippen LogP contribution in [0.4, 0.5) is 0 Å². The fourth-order valence-corrected chi connectivity index (χ4v) is 1.68. The molecule has 4 heteroatoms. The molecule has 0 spiro atoms. The lowest BCUT2D eigenvalue weighted by molar-refractivity contribution is 0.0976. The normalized spacial score (nSPS) is 13.4. The number of methoxy groups -OCH3 is 1. The molecule has 0 aliphatic carbocycles. The average Bonchev–Trinajstić information content (AvgIpc) is 2.36. The van der Waals surface area contributed by atoms with E-state index in [1.54, 1.807) is 19.2 Å². The summed E-state index contributed by atoms with van der Waals surface area (Å²) in [6, 6.07) is 3.45. The van der Waals surface area contributed by atoms with E-state index in [-0.39, 0.29) is 5.78 Å². The van der Waals surface area contributed by atoms with Gasteiger partial charge in [0.25, 0.3) is 0 Å². The molecule has 1 aliphatic heterocycles. The molecule has 1 heterocycles. The van der Waals surface area contributed by atoms with Gasteiger partial charge in [-0.05, 0) is 12.1 Å². The van der Waals surface area contributed by atoms with Crippen LogP contribution in [0.25, 0.3) is 0 Å². The zero-order chi connectivity index (χ0) is 11.5. The Bertz CT molecular complexity index is 412. The predicted molar refractivity (Wildman–Crippen MR) is 58.6 cm³/mol. The van der Waals surface area contributed by atoms with E-state index >= 15 is 0 Å². The summed E-state index contributed by atoms with van der Waals surface area (Å²) in [4.78, 5) is 11.7. The Morgan fingerprint density at radius 2 is 2.00 bits per heavy atom. The maximum atomic E-state index is 11.7. The van der Waals surface area contributed by atoms with E-state index in [4.69, 9.17) is 14.2 Å². The Morgan fingerprint density at radius 1 is 1.31 bits per heavy atom. The summed E-state index contributed by atoms with van der Waals surface area (Å²) >= 11 is 0. The molecule has 0 unspecified atom stereocenters. The molecule has 2 rings (SSSR count). The highest BCUT2D eigenvalue weighted by atomic mass is 16.6. The van der Waals surface area contributed by atoms with Crippen LogP contribution < -0.4 is 14.2 Å². The van der Waals surface area contributed by atoms with Gasteiger partial charge in [-0.3, -0.25) is 4.79 Å². The molecule has 0 atom stereocenters. The van der Waals surface area contributed by atoms with Crippen molar-refractivity contribution in [3.05, 3.63) is 17.7 Å². The molecule has 1 aromatic carbocycles. The van der Waals surface area contributed by atoms with Crippen LogP contribution in [0, 0.1) is 0 Å². The van der Waals surface area contributed by atoms with E-state index in [0.29, 0.717) is 42.4 Å². The van der Waals surface area contributed by atoms with E-state index in [0.717, 1.165) is 0 Å². The number of rotatable bonds is 3. The van der Waals surface area contributed by atoms with Gasteiger partial charge in [0.15, 0.2) is 17.3 Å². The zero-order valence-corrected chi connectivity index (χ0v) is 9.41. The van der Waals surface area contributed by atoms with Crippen LogP contribution in [0.15, 0.2) is 12.1 Å². The van der Waals surface area contributed by atoms with E-state index in [1.807, 2.05) is 6.92 Å². The van der Waals surface area contributed by atoms with Crippen molar-refractivity contribution in [3.63, 3.8) is 0 Å². The molecule has 0 aromatic heterocycles. The summed E-state index contributed by atoms with van der Waals surface area (Å²) in [5.74, 6) is 1.69. The molecule has 86 valence electrons. The summed E-state index contributed by atoms with van der Waals surface area (Å²) in [6.07, 6.45) is 0.447. The molecule has 0 fully saturated rings. The Hall–Kier alpha value is -1.71. The molecule has 0 radical (unpaired) electrons. The van der Waals surface area contributed by atoms with Crippen molar-refractivity contribution in [1.29, 1.82) is 0 Å². The summed E-state index contributed by atoms with van der Waals surface area (Å²) in [7, 11) is 1.56. The van der Waals surface area contributed by atoms with Gasteiger partial charge in [-0.15, -0.1) is 0 Å². The Labute approximate surface area is 94.1 Å². The molecule has 0 saturated heterocycles. The SMILES string of the molecule is CCC(=O)c1ccc(OC)c2c1OCCO2. The van der Waals surface area contributed by atoms with E-state index < -0.39 is 0 Å². The summed E-state index contributed by atoms with van der Waals surface area (Å²) in [5.41, 5.74) is 0.568. The molecule has 16 heavy (non-hydrogen) atoms. The minimum Gasteiger partial charge on any atom is -0.493 e. The van der Waals surface area contributed by atoms with Gasteiger partial charge in [0.05, 0.1) is 12.7 Å². The average molecular weight is 222 g/mol. The topological polar surface area (TPSA) is 44.8 Å². The molecule has 1 aliphatic rings. The first-order valence-corrected chi connectivity index (χ1v) is 5.27. The minimum absolute atomic E-state index is 0.0457. The van der Waals surface area contributed by atoms with Crippen molar-refractivity contribution in [2.45, 2.75) is 13.3 Å². The summed E-state index contributed by atoms with van der Waals surface area (Å²) < 4.78 is 16.1. The van der Waals surface area contributed by atoms with Crippen molar-refractivity contribution >= 4 is 5.78 Å². The van der Waals surface area contributed by atoms with E-state index in [2.05, 4.69) is 0 Å². The minimum atomic E-state index is 0.0457. The lowest BCUT2D eigenvalue weighted by Crippen LogP contribution is -2.18. The molecule has 0 amide bonds. The number of benzene rings is 1. The first kappa shape index (κ1) is 10.8. The highest BCUT2D eigenvalue weighted by Gasteiger charge is 2.23. The lowest BCUT2D eigenvalue weighted by Gasteiger charge is -2.22. The second-order valence-electron chi connectivity index (χ2n) is 3.45. The highest BCUT2D eigenvalue weighted by molar-refractivity contribution is 5.99.